The van der Waals surface area contributed by atoms with Gasteiger partial charge in [-0.3, -0.25) is 4.79 Å². The van der Waals surface area contributed by atoms with E-state index in [1.54, 1.807) is 0 Å². The maximum absolute atomic E-state index is 12.0. The smallest absolute Gasteiger partial charge is 0.255 e. The Morgan fingerprint density at radius 2 is 2.17 bits per heavy atom. The highest BCUT2D eigenvalue weighted by molar-refractivity contribution is 5.97. The Kier molecular flexibility index (Phi) is 2.63. The first-order chi connectivity index (χ1) is 8.63. The van der Waals surface area contributed by atoms with Gasteiger partial charge in [-0.05, 0) is 37.5 Å². The average Bonchev–Trinajstić information content (AvgIpc) is 2.94. The summed E-state index contributed by atoms with van der Waals surface area (Å²) in [5.41, 5.74) is 0.0952. The largest absolute Gasteiger partial charge is 0.508 e. The fraction of sp³-hybridized carbons (Fsp3) is 0.462. The molecule has 2 bridgehead atoms. The number of hydrogen-bond donors (Lipinski definition) is 3. The first-order valence-corrected chi connectivity index (χ1v) is 6.12. The van der Waals surface area contributed by atoms with Crippen molar-refractivity contribution in [3.8, 4) is 11.5 Å². The Bertz CT molecular complexity index is 488. The molecule has 96 valence electrons. The molecule has 2 aliphatic heterocycles. The Hall–Kier alpha value is -1.75. The second-order valence-corrected chi connectivity index (χ2v) is 4.89. The van der Waals surface area contributed by atoms with Gasteiger partial charge in [-0.25, -0.2) is 0 Å². The van der Waals surface area contributed by atoms with E-state index in [9.17, 15) is 15.0 Å². The summed E-state index contributed by atoms with van der Waals surface area (Å²) in [6, 6.07) is 3.92. The van der Waals surface area contributed by atoms with E-state index in [-0.39, 0.29) is 41.2 Å². The van der Waals surface area contributed by atoms with Crippen molar-refractivity contribution in [2.24, 2.45) is 0 Å². The van der Waals surface area contributed by atoms with Crippen LogP contribution in [0.5, 0.6) is 11.5 Å². The molecule has 2 saturated heterocycles. The number of fused-ring (bicyclic) bond motifs is 2. The van der Waals surface area contributed by atoms with E-state index >= 15 is 0 Å². The van der Waals surface area contributed by atoms with Crippen molar-refractivity contribution in [3.63, 3.8) is 0 Å². The lowest BCUT2D eigenvalue weighted by Crippen LogP contribution is -2.41. The summed E-state index contributed by atoms with van der Waals surface area (Å²) in [7, 11) is 0. The second-order valence-electron chi connectivity index (χ2n) is 4.89. The number of hydrogen-bond acceptors (Lipinski definition) is 4. The normalized spacial score (nSPS) is 29.4. The lowest BCUT2D eigenvalue weighted by atomic mass is 9.95. The van der Waals surface area contributed by atoms with Gasteiger partial charge in [0, 0.05) is 0 Å². The van der Waals surface area contributed by atoms with Crippen LogP contribution in [0.3, 0.4) is 0 Å². The van der Waals surface area contributed by atoms with Gasteiger partial charge < -0.3 is 20.3 Å². The van der Waals surface area contributed by atoms with E-state index in [0.717, 1.165) is 19.3 Å². The number of nitrogens with one attached hydrogen (secondary N) is 1. The molecular weight excluding hydrogens is 234 g/mol. The standard InChI is InChI=1S/C13H15NO4/c15-7-1-3-11(16)9(5-7)13(17)14-10-6-8-2-4-12(10)18-8/h1,3,5,8,10,12,15-16H,2,4,6H2,(H,14,17). The van der Waals surface area contributed by atoms with Gasteiger partial charge in [-0.2, -0.15) is 0 Å². The van der Waals surface area contributed by atoms with E-state index in [0.29, 0.717) is 0 Å². The van der Waals surface area contributed by atoms with Crippen LogP contribution in [0.1, 0.15) is 29.6 Å². The molecule has 0 spiro atoms. The number of carbonyl (C=O) groups excluding carboxylic acids is 1. The highest BCUT2D eigenvalue weighted by Gasteiger charge is 2.41. The first-order valence-electron chi connectivity index (χ1n) is 6.12. The van der Waals surface area contributed by atoms with Gasteiger partial charge in [0.2, 0.25) is 0 Å². The summed E-state index contributed by atoms with van der Waals surface area (Å²) in [6.45, 7) is 0. The maximum Gasteiger partial charge on any atom is 0.255 e. The predicted octanol–water partition coefficient (Wildman–Crippen LogP) is 1.15. The lowest BCUT2D eigenvalue weighted by Gasteiger charge is -2.20. The van der Waals surface area contributed by atoms with Crippen LogP contribution < -0.4 is 5.32 Å². The summed E-state index contributed by atoms with van der Waals surface area (Å²) in [4.78, 5) is 12.0. The van der Waals surface area contributed by atoms with Crippen molar-refractivity contribution in [1.82, 2.24) is 5.32 Å². The molecule has 1 aromatic rings. The summed E-state index contributed by atoms with van der Waals surface area (Å²) in [6.07, 6.45) is 3.22. The number of carbonyl (C=O) groups is 1. The molecule has 2 aliphatic rings. The van der Waals surface area contributed by atoms with E-state index in [4.69, 9.17) is 4.74 Å². The van der Waals surface area contributed by atoms with Gasteiger partial charge in [0.1, 0.15) is 11.5 Å². The van der Waals surface area contributed by atoms with Crippen molar-refractivity contribution >= 4 is 5.91 Å². The molecule has 0 saturated carbocycles. The quantitative estimate of drug-likeness (QED) is 0.687. The predicted molar refractivity (Wildman–Crippen MR) is 63.5 cm³/mol. The van der Waals surface area contributed by atoms with E-state index in [2.05, 4.69) is 5.32 Å². The molecule has 0 radical (unpaired) electrons. The molecule has 3 N–H and O–H groups in total. The zero-order chi connectivity index (χ0) is 12.7. The highest BCUT2D eigenvalue weighted by Crippen LogP contribution is 2.34. The Morgan fingerprint density at radius 3 is 2.83 bits per heavy atom. The Labute approximate surface area is 104 Å². The van der Waals surface area contributed by atoms with Crippen molar-refractivity contribution < 1.29 is 19.7 Å². The number of benzene rings is 1. The third-order valence-corrected chi connectivity index (χ3v) is 3.65. The van der Waals surface area contributed by atoms with Gasteiger partial charge >= 0.3 is 0 Å². The van der Waals surface area contributed by atoms with Crippen LogP contribution in [0.15, 0.2) is 18.2 Å². The van der Waals surface area contributed by atoms with Crippen molar-refractivity contribution in [2.45, 2.75) is 37.5 Å². The number of rotatable bonds is 2. The molecule has 5 heteroatoms. The number of amides is 1. The van der Waals surface area contributed by atoms with Crippen LogP contribution in [-0.4, -0.2) is 34.4 Å². The summed E-state index contributed by atoms with van der Waals surface area (Å²) >= 11 is 0. The molecule has 0 aromatic heterocycles. The number of phenolic OH excluding ortho intramolecular Hbond substituents is 2. The highest BCUT2D eigenvalue weighted by atomic mass is 16.5. The minimum atomic E-state index is -0.371. The number of ether oxygens (including phenoxy) is 1. The summed E-state index contributed by atoms with van der Waals surface area (Å²) in [5, 5.41) is 21.8. The van der Waals surface area contributed by atoms with Gasteiger partial charge in [0.05, 0.1) is 23.8 Å². The van der Waals surface area contributed by atoms with E-state index in [1.165, 1.54) is 18.2 Å². The summed E-state index contributed by atoms with van der Waals surface area (Å²) in [5.74, 6) is -0.541. The zero-order valence-electron chi connectivity index (χ0n) is 9.80. The summed E-state index contributed by atoms with van der Waals surface area (Å²) < 4.78 is 5.65. The molecule has 18 heavy (non-hydrogen) atoms. The topological polar surface area (TPSA) is 78.8 Å². The van der Waals surface area contributed by atoms with Gasteiger partial charge in [0.25, 0.3) is 5.91 Å². The third-order valence-electron chi connectivity index (χ3n) is 3.65. The molecule has 1 amide bonds. The van der Waals surface area contributed by atoms with Gasteiger partial charge in [-0.1, -0.05) is 0 Å². The fourth-order valence-corrected chi connectivity index (χ4v) is 2.74. The molecular formula is C13H15NO4. The minimum absolute atomic E-state index is 0.0120. The van der Waals surface area contributed by atoms with E-state index in [1.807, 2.05) is 0 Å². The molecule has 5 nitrogen and oxygen atoms in total. The van der Waals surface area contributed by atoms with Crippen LogP contribution in [-0.2, 0) is 4.74 Å². The number of aromatic hydroxyl groups is 2. The third kappa shape index (κ3) is 1.90. The average molecular weight is 249 g/mol. The monoisotopic (exact) mass is 249 g/mol. The van der Waals surface area contributed by atoms with Gasteiger partial charge in [-0.15, -0.1) is 0 Å². The van der Waals surface area contributed by atoms with Crippen LogP contribution >= 0.6 is 0 Å². The molecule has 2 heterocycles. The zero-order valence-corrected chi connectivity index (χ0v) is 9.80. The number of phenols is 2. The Morgan fingerprint density at radius 1 is 1.33 bits per heavy atom. The molecule has 1 aromatic carbocycles. The molecule has 3 rings (SSSR count). The van der Waals surface area contributed by atoms with Gasteiger partial charge in [0.15, 0.2) is 0 Å². The van der Waals surface area contributed by atoms with Crippen LogP contribution in [0.4, 0.5) is 0 Å². The van der Waals surface area contributed by atoms with Crippen LogP contribution in [0, 0.1) is 0 Å². The SMILES string of the molecule is O=C(NC1CC2CCC1O2)c1cc(O)ccc1O. The van der Waals surface area contributed by atoms with Crippen molar-refractivity contribution in [2.75, 3.05) is 0 Å². The molecule has 3 unspecified atom stereocenters. The lowest BCUT2D eigenvalue weighted by molar-refractivity contribution is 0.0838. The molecule has 0 aliphatic carbocycles. The minimum Gasteiger partial charge on any atom is -0.508 e. The maximum atomic E-state index is 12.0. The van der Waals surface area contributed by atoms with Crippen LogP contribution in [0.2, 0.25) is 0 Å². The molecule has 3 atom stereocenters. The fourth-order valence-electron chi connectivity index (χ4n) is 2.74. The van der Waals surface area contributed by atoms with Crippen LogP contribution in [0.25, 0.3) is 0 Å². The molecule has 2 fully saturated rings. The Balaban J connectivity index is 1.73. The van der Waals surface area contributed by atoms with Crippen molar-refractivity contribution in [1.29, 1.82) is 0 Å². The second kappa shape index (κ2) is 4.17. The van der Waals surface area contributed by atoms with E-state index < -0.39 is 0 Å². The first kappa shape index (κ1) is 11.3. The van der Waals surface area contributed by atoms with Crippen molar-refractivity contribution in [3.05, 3.63) is 23.8 Å².